The quantitative estimate of drug-likeness (QED) is 0.723. The highest BCUT2D eigenvalue weighted by atomic mass is 16.5. The number of benzene rings is 1. The molecule has 0 unspecified atom stereocenters. The molecule has 0 radical (unpaired) electrons. The van der Waals surface area contributed by atoms with Crippen molar-refractivity contribution < 1.29 is 9.15 Å². The van der Waals surface area contributed by atoms with Crippen LogP contribution in [0.15, 0.2) is 53.4 Å². The molecule has 2 heterocycles. The molecule has 0 N–H and O–H groups in total. The number of nitriles is 1. The van der Waals surface area contributed by atoms with Crippen LogP contribution in [0, 0.1) is 11.3 Å². The zero-order chi connectivity index (χ0) is 13.8. The van der Waals surface area contributed by atoms with Crippen molar-refractivity contribution in [2.45, 2.75) is 0 Å². The molecule has 0 bridgehead atoms. The molecule has 0 spiro atoms. The average molecular weight is 264 g/mol. The maximum Gasteiger partial charge on any atom is 0.247 e. The molecule has 2 aromatic heterocycles. The van der Waals surface area contributed by atoms with Crippen molar-refractivity contribution in [3.63, 3.8) is 0 Å². The molecule has 1 aromatic carbocycles. The normalized spacial score (nSPS) is 9.95. The lowest BCUT2D eigenvalue weighted by molar-refractivity contribution is 0.462. The smallest absolute Gasteiger partial charge is 0.247 e. The molecule has 6 heteroatoms. The van der Waals surface area contributed by atoms with Crippen LogP contribution >= 0.6 is 0 Å². The molecule has 0 aliphatic carbocycles. The molecule has 0 fully saturated rings. The van der Waals surface area contributed by atoms with Gasteiger partial charge in [0.05, 0.1) is 5.56 Å². The number of pyridine rings is 1. The minimum absolute atomic E-state index is 0.409. The minimum Gasteiger partial charge on any atom is -0.439 e. The van der Waals surface area contributed by atoms with Gasteiger partial charge in [-0.3, -0.25) is 0 Å². The molecule has 0 saturated heterocycles. The van der Waals surface area contributed by atoms with E-state index < -0.39 is 0 Å². The predicted octanol–water partition coefficient (Wildman–Crippen LogP) is 2.80. The Balaban J connectivity index is 1.84. The van der Waals surface area contributed by atoms with Crippen LogP contribution in [0.2, 0.25) is 0 Å². The van der Waals surface area contributed by atoms with E-state index in [2.05, 4.69) is 15.2 Å². The molecule has 0 aliphatic rings. The van der Waals surface area contributed by atoms with Crippen LogP contribution in [0.25, 0.3) is 11.5 Å². The first-order valence-electron chi connectivity index (χ1n) is 5.76. The lowest BCUT2D eigenvalue weighted by atomic mass is 10.2. The number of aromatic nitrogens is 3. The molecule has 0 aliphatic heterocycles. The molecular weight excluding hydrogens is 256 g/mol. The van der Waals surface area contributed by atoms with Gasteiger partial charge in [0.25, 0.3) is 0 Å². The molecule has 3 rings (SSSR count). The van der Waals surface area contributed by atoms with Crippen LogP contribution < -0.4 is 4.74 Å². The molecule has 96 valence electrons. The first-order chi connectivity index (χ1) is 9.85. The fraction of sp³-hybridized carbons (Fsp3) is 0. The van der Waals surface area contributed by atoms with E-state index in [1.807, 2.05) is 18.2 Å². The molecule has 3 aromatic rings. The van der Waals surface area contributed by atoms with Crippen LogP contribution in [-0.2, 0) is 0 Å². The Hall–Kier alpha value is -3.20. The van der Waals surface area contributed by atoms with Gasteiger partial charge in [-0.2, -0.15) is 5.26 Å². The Bertz CT molecular complexity index is 746. The fourth-order valence-corrected chi connectivity index (χ4v) is 1.62. The number of nitrogens with zero attached hydrogens (tertiary/aromatic N) is 4. The fourth-order valence-electron chi connectivity index (χ4n) is 1.62. The zero-order valence-electron chi connectivity index (χ0n) is 10.2. The largest absolute Gasteiger partial charge is 0.439 e. The topological polar surface area (TPSA) is 84.8 Å². The number of rotatable bonds is 3. The highest BCUT2D eigenvalue weighted by Crippen LogP contribution is 2.25. The van der Waals surface area contributed by atoms with Gasteiger partial charge < -0.3 is 9.15 Å². The summed E-state index contributed by atoms with van der Waals surface area (Å²) < 4.78 is 10.7. The number of ether oxygens (including phenoxy) is 1. The van der Waals surface area contributed by atoms with Gasteiger partial charge in [-0.25, -0.2) is 4.98 Å². The van der Waals surface area contributed by atoms with Gasteiger partial charge in [0.1, 0.15) is 11.8 Å². The summed E-state index contributed by atoms with van der Waals surface area (Å²) in [4.78, 5) is 4.04. The van der Waals surface area contributed by atoms with Crippen LogP contribution in [0.1, 0.15) is 5.56 Å². The second kappa shape index (κ2) is 5.20. The Morgan fingerprint density at radius 2 is 2.15 bits per heavy atom. The SMILES string of the molecule is N#Cc1ccc(Oc2cccc(-c3nnco3)c2)nc1. The van der Waals surface area contributed by atoms with E-state index in [4.69, 9.17) is 14.4 Å². The summed E-state index contributed by atoms with van der Waals surface area (Å²) in [7, 11) is 0. The standard InChI is InChI=1S/C14H8N4O2/c15-7-10-4-5-13(16-8-10)20-12-3-1-2-11(6-12)14-18-17-9-19-14/h1-6,8-9H. The van der Waals surface area contributed by atoms with Gasteiger partial charge in [0, 0.05) is 17.8 Å². The third-order valence-electron chi connectivity index (χ3n) is 2.53. The van der Waals surface area contributed by atoms with Crippen molar-refractivity contribution >= 4 is 0 Å². The van der Waals surface area contributed by atoms with Crippen molar-refractivity contribution in [3.8, 4) is 29.2 Å². The first-order valence-corrected chi connectivity index (χ1v) is 5.76. The van der Waals surface area contributed by atoms with Gasteiger partial charge in [-0.05, 0) is 24.3 Å². The Morgan fingerprint density at radius 1 is 1.20 bits per heavy atom. The van der Waals surface area contributed by atoms with E-state index in [1.165, 1.54) is 12.6 Å². The van der Waals surface area contributed by atoms with E-state index in [0.717, 1.165) is 5.56 Å². The van der Waals surface area contributed by atoms with Gasteiger partial charge >= 0.3 is 0 Å². The van der Waals surface area contributed by atoms with Crippen LogP contribution in [0.4, 0.5) is 0 Å². The van der Waals surface area contributed by atoms with E-state index >= 15 is 0 Å². The highest BCUT2D eigenvalue weighted by Gasteiger charge is 2.06. The van der Waals surface area contributed by atoms with Gasteiger partial charge in [-0.15, -0.1) is 10.2 Å². The zero-order valence-corrected chi connectivity index (χ0v) is 10.2. The Kier molecular flexibility index (Phi) is 3.08. The monoisotopic (exact) mass is 264 g/mol. The lowest BCUT2D eigenvalue weighted by Crippen LogP contribution is -1.89. The highest BCUT2D eigenvalue weighted by molar-refractivity contribution is 5.55. The summed E-state index contributed by atoms with van der Waals surface area (Å²) in [6, 6.07) is 12.5. The predicted molar refractivity (Wildman–Crippen MR) is 68.8 cm³/mol. The van der Waals surface area contributed by atoms with Crippen LogP contribution in [0.5, 0.6) is 11.6 Å². The van der Waals surface area contributed by atoms with E-state index in [-0.39, 0.29) is 0 Å². The van der Waals surface area contributed by atoms with Crippen molar-refractivity contribution in [3.05, 3.63) is 54.6 Å². The summed E-state index contributed by atoms with van der Waals surface area (Å²) in [6.45, 7) is 0. The Labute approximate surface area is 114 Å². The summed E-state index contributed by atoms with van der Waals surface area (Å²) in [6.07, 6.45) is 2.72. The molecule has 0 saturated carbocycles. The maximum absolute atomic E-state index is 8.71. The summed E-state index contributed by atoms with van der Waals surface area (Å²) >= 11 is 0. The molecule has 20 heavy (non-hydrogen) atoms. The van der Waals surface area contributed by atoms with Gasteiger partial charge in [0.2, 0.25) is 18.2 Å². The molecular formula is C14H8N4O2. The van der Waals surface area contributed by atoms with E-state index in [0.29, 0.717) is 23.1 Å². The lowest BCUT2D eigenvalue weighted by Gasteiger charge is -2.05. The third kappa shape index (κ3) is 2.47. The average Bonchev–Trinajstić information content (AvgIpc) is 3.03. The maximum atomic E-state index is 8.71. The van der Waals surface area contributed by atoms with Crippen molar-refractivity contribution in [2.24, 2.45) is 0 Å². The number of hydrogen-bond acceptors (Lipinski definition) is 6. The molecule has 0 amide bonds. The molecule has 6 nitrogen and oxygen atoms in total. The third-order valence-corrected chi connectivity index (χ3v) is 2.53. The summed E-state index contributed by atoms with van der Waals surface area (Å²) in [5.41, 5.74) is 1.24. The number of hydrogen-bond donors (Lipinski definition) is 0. The summed E-state index contributed by atoms with van der Waals surface area (Å²) in [5.74, 6) is 1.42. The van der Waals surface area contributed by atoms with Crippen molar-refractivity contribution in [1.29, 1.82) is 5.26 Å². The van der Waals surface area contributed by atoms with Crippen molar-refractivity contribution in [2.75, 3.05) is 0 Å². The van der Waals surface area contributed by atoms with Gasteiger partial charge in [-0.1, -0.05) is 6.07 Å². The Morgan fingerprint density at radius 3 is 2.85 bits per heavy atom. The van der Waals surface area contributed by atoms with E-state index in [1.54, 1.807) is 24.3 Å². The minimum atomic E-state index is 0.409. The van der Waals surface area contributed by atoms with Crippen molar-refractivity contribution in [1.82, 2.24) is 15.2 Å². The van der Waals surface area contributed by atoms with E-state index in [9.17, 15) is 0 Å². The van der Waals surface area contributed by atoms with Crippen LogP contribution in [0.3, 0.4) is 0 Å². The van der Waals surface area contributed by atoms with Gasteiger partial charge in [0.15, 0.2) is 0 Å². The molecule has 0 atom stereocenters. The second-order valence-corrected chi connectivity index (χ2v) is 3.87. The summed E-state index contributed by atoms with van der Waals surface area (Å²) in [5, 5.41) is 16.2. The second-order valence-electron chi connectivity index (χ2n) is 3.87. The first kappa shape index (κ1) is 11.9. The van der Waals surface area contributed by atoms with Crippen LogP contribution in [-0.4, -0.2) is 15.2 Å².